The molecule has 7 heteroatoms. The molecule has 3 nitrogen and oxygen atoms in total. The van der Waals surface area contributed by atoms with Gasteiger partial charge in [-0.05, 0) is 49.8 Å². The van der Waals surface area contributed by atoms with Crippen LogP contribution in [-0.2, 0) is 4.74 Å². The van der Waals surface area contributed by atoms with Gasteiger partial charge in [0.15, 0.2) is 5.11 Å². The summed E-state index contributed by atoms with van der Waals surface area (Å²) in [6.45, 7) is 4.10. The van der Waals surface area contributed by atoms with Gasteiger partial charge in [-0.2, -0.15) is 8.78 Å². The molecule has 1 aromatic carbocycles. The van der Waals surface area contributed by atoms with Crippen LogP contribution in [0.2, 0.25) is 0 Å². The number of hydrogen-bond acceptors (Lipinski definition) is 3. The molecule has 112 valence electrons. The van der Waals surface area contributed by atoms with Gasteiger partial charge in [-0.3, -0.25) is 0 Å². The van der Waals surface area contributed by atoms with Crippen molar-refractivity contribution in [3.8, 4) is 0 Å². The number of anilines is 1. The van der Waals surface area contributed by atoms with Gasteiger partial charge in [0.25, 0.3) is 5.76 Å². The van der Waals surface area contributed by atoms with Crippen LogP contribution >= 0.6 is 24.0 Å². The Morgan fingerprint density at radius 2 is 2.05 bits per heavy atom. The van der Waals surface area contributed by atoms with Crippen molar-refractivity contribution in [1.82, 2.24) is 5.32 Å². The number of ether oxygens (including phenoxy) is 1. The van der Waals surface area contributed by atoms with E-state index in [0.717, 1.165) is 18.7 Å². The topological polar surface area (TPSA) is 33.3 Å². The van der Waals surface area contributed by atoms with E-state index in [1.165, 1.54) is 0 Å². The summed E-state index contributed by atoms with van der Waals surface area (Å²) >= 11 is 5.65. The first kappa shape index (κ1) is 17.1. The van der Waals surface area contributed by atoms with Crippen molar-refractivity contribution in [2.75, 3.05) is 25.1 Å². The summed E-state index contributed by atoms with van der Waals surface area (Å²) in [5.74, 6) is -2.40. The maximum atomic E-state index is 12.2. The van der Waals surface area contributed by atoms with Gasteiger partial charge in [-0.15, -0.1) is 0 Å². The highest BCUT2D eigenvalue weighted by molar-refractivity contribution is 7.99. The standard InChI is InChI=1S/C13H18F2N2OS2/c1-2-18-9-3-8-16-13(19)17-10-4-6-11(7-5-10)20-12(14)15/h4-7,12H,2-3,8-9H2,1H3,(H2,16,17,19). The van der Waals surface area contributed by atoms with Gasteiger partial charge in [0.1, 0.15) is 0 Å². The lowest BCUT2D eigenvalue weighted by Crippen LogP contribution is -2.29. The number of benzene rings is 1. The van der Waals surface area contributed by atoms with Crippen LogP contribution in [0, 0.1) is 0 Å². The molecule has 0 fully saturated rings. The number of rotatable bonds is 8. The molecule has 0 bridgehead atoms. The number of thiocarbonyl (C=S) groups is 1. The van der Waals surface area contributed by atoms with Crippen molar-refractivity contribution < 1.29 is 13.5 Å². The zero-order valence-corrected chi connectivity index (χ0v) is 12.8. The minimum atomic E-state index is -2.40. The zero-order chi connectivity index (χ0) is 14.8. The van der Waals surface area contributed by atoms with Crippen molar-refractivity contribution in [2.24, 2.45) is 0 Å². The van der Waals surface area contributed by atoms with Crippen LogP contribution in [0.5, 0.6) is 0 Å². The summed E-state index contributed by atoms with van der Waals surface area (Å²) < 4.78 is 29.5. The fourth-order valence-corrected chi connectivity index (χ4v) is 2.13. The first-order valence-electron chi connectivity index (χ1n) is 6.29. The smallest absolute Gasteiger partial charge is 0.288 e. The Kier molecular flexibility index (Phi) is 8.48. The van der Waals surface area contributed by atoms with Crippen LogP contribution < -0.4 is 10.6 Å². The van der Waals surface area contributed by atoms with Crippen LogP contribution in [0.25, 0.3) is 0 Å². The fourth-order valence-electron chi connectivity index (χ4n) is 1.42. The molecular formula is C13H18F2N2OS2. The molecule has 1 aromatic rings. The Bertz CT molecular complexity index is 402. The van der Waals surface area contributed by atoms with E-state index < -0.39 is 5.76 Å². The molecule has 1 rings (SSSR count). The molecule has 0 atom stereocenters. The highest BCUT2D eigenvalue weighted by atomic mass is 32.2. The third-order valence-electron chi connectivity index (χ3n) is 2.29. The van der Waals surface area contributed by atoms with Crippen molar-refractivity contribution in [1.29, 1.82) is 0 Å². The lowest BCUT2D eigenvalue weighted by Gasteiger charge is -2.11. The molecule has 0 aliphatic heterocycles. The largest absolute Gasteiger partial charge is 0.382 e. The van der Waals surface area contributed by atoms with Crippen molar-refractivity contribution >= 4 is 34.8 Å². The second-order valence-corrected chi connectivity index (χ2v) is 5.31. The first-order valence-corrected chi connectivity index (χ1v) is 7.58. The quantitative estimate of drug-likeness (QED) is 0.433. The Balaban J connectivity index is 2.27. The maximum Gasteiger partial charge on any atom is 0.288 e. The molecule has 0 amide bonds. The van der Waals surface area contributed by atoms with Gasteiger partial charge in [-0.1, -0.05) is 11.8 Å². The van der Waals surface area contributed by atoms with Crippen molar-refractivity contribution in [3.05, 3.63) is 24.3 Å². The summed E-state index contributed by atoms with van der Waals surface area (Å²) in [7, 11) is 0. The number of alkyl halides is 2. The maximum absolute atomic E-state index is 12.2. The fraction of sp³-hybridized carbons (Fsp3) is 0.462. The summed E-state index contributed by atoms with van der Waals surface area (Å²) in [5.41, 5.74) is 0.769. The molecule has 2 N–H and O–H groups in total. The average molecular weight is 320 g/mol. The summed E-state index contributed by atoms with van der Waals surface area (Å²) in [5, 5.41) is 6.56. The van der Waals surface area contributed by atoms with E-state index in [-0.39, 0.29) is 0 Å². The van der Waals surface area contributed by atoms with Crippen LogP contribution in [0.3, 0.4) is 0 Å². The van der Waals surface area contributed by atoms with E-state index in [0.29, 0.717) is 35.0 Å². The normalized spacial score (nSPS) is 10.6. The lowest BCUT2D eigenvalue weighted by molar-refractivity contribution is 0.146. The highest BCUT2D eigenvalue weighted by Gasteiger charge is 2.05. The van der Waals surface area contributed by atoms with Gasteiger partial charge < -0.3 is 15.4 Å². The Labute approximate surface area is 127 Å². The molecule has 0 aliphatic rings. The number of thioether (sulfide) groups is 1. The van der Waals surface area contributed by atoms with Crippen LogP contribution in [0.15, 0.2) is 29.2 Å². The third-order valence-corrected chi connectivity index (χ3v) is 3.26. The minimum Gasteiger partial charge on any atom is -0.382 e. The summed E-state index contributed by atoms with van der Waals surface area (Å²) in [6, 6.07) is 6.71. The molecule has 0 saturated heterocycles. The zero-order valence-electron chi connectivity index (χ0n) is 11.2. The van der Waals surface area contributed by atoms with Gasteiger partial charge in [0.2, 0.25) is 0 Å². The summed E-state index contributed by atoms with van der Waals surface area (Å²) in [6.07, 6.45) is 0.875. The van der Waals surface area contributed by atoms with Crippen LogP contribution in [0.1, 0.15) is 13.3 Å². The molecule has 0 heterocycles. The monoisotopic (exact) mass is 320 g/mol. The van der Waals surface area contributed by atoms with Crippen molar-refractivity contribution in [2.45, 2.75) is 24.0 Å². The summed E-state index contributed by atoms with van der Waals surface area (Å²) in [4.78, 5) is 0.529. The second kappa shape index (κ2) is 9.90. The van der Waals surface area contributed by atoms with Gasteiger partial charge in [0, 0.05) is 30.3 Å². The minimum absolute atomic E-state index is 0.510. The molecule has 0 radical (unpaired) electrons. The van der Waals surface area contributed by atoms with Gasteiger partial charge in [0.05, 0.1) is 0 Å². The molecular weight excluding hydrogens is 302 g/mol. The van der Waals surface area contributed by atoms with E-state index in [1.54, 1.807) is 24.3 Å². The number of halogens is 2. The number of nitrogens with one attached hydrogen (secondary N) is 2. The highest BCUT2D eigenvalue weighted by Crippen LogP contribution is 2.26. The van der Waals surface area contributed by atoms with Crippen LogP contribution in [-0.4, -0.2) is 30.6 Å². The van der Waals surface area contributed by atoms with Gasteiger partial charge in [-0.25, -0.2) is 0 Å². The molecule has 0 spiro atoms. The van der Waals surface area contributed by atoms with Gasteiger partial charge >= 0.3 is 0 Å². The Morgan fingerprint density at radius 3 is 2.65 bits per heavy atom. The molecule has 20 heavy (non-hydrogen) atoms. The average Bonchev–Trinajstić information content (AvgIpc) is 2.40. The predicted molar refractivity (Wildman–Crippen MR) is 83.6 cm³/mol. The van der Waals surface area contributed by atoms with E-state index in [4.69, 9.17) is 17.0 Å². The number of hydrogen-bond donors (Lipinski definition) is 2. The molecule has 0 saturated carbocycles. The first-order chi connectivity index (χ1) is 9.61. The SMILES string of the molecule is CCOCCCNC(=S)Nc1ccc(SC(F)F)cc1. The predicted octanol–water partition coefficient (Wildman–Crippen LogP) is 3.71. The van der Waals surface area contributed by atoms with E-state index in [9.17, 15) is 8.78 Å². The Morgan fingerprint density at radius 1 is 1.35 bits per heavy atom. The third kappa shape index (κ3) is 7.62. The molecule has 0 aliphatic carbocycles. The molecule has 0 unspecified atom stereocenters. The Hall–Kier alpha value is -0.920. The van der Waals surface area contributed by atoms with E-state index >= 15 is 0 Å². The van der Waals surface area contributed by atoms with Crippen LogP contribution in [0.4, 0.5) is 14.5 Å². The van der Waals surface area contributed by atoms with Crippen molar-refractivity contribution in [3.63, 3.8) is 0 Å². The van der Waals surface area contributed by atoms with E-state index in [2.05, 4.69) is 10.6 Å². The lowest BCUT2D eigenvalue weighted by atomic mass is 10.3. The molecule has 0 aromatic heterocycles. The second-order valence-electron chi connectivity index (χ2n) is 3.83. The van der Waals surface area contributed by atoms with E-state index in [1.807, 2.05) is 6.92 Å².